The van der Waals surface area contributed by atoms with Crippen molar-refractivity contribution in [1.82, 2.24) is 9.21 Å². The van der Waals surface area contributed by atoms with E-state index in [1.165, 1.54) is 25.2 Å². The molecule has 0 bridgehead atoms. The third kappa shape index (κ3) is 3.44. The summed E-state index contributed by atoms with van der Waals surface area (Å²) in [5.74, 6) is -1.36. The molecule has 1 N–H and O–H groups in total. The Hall–Kier alpha value is -1.15. The van der Waals surface area contributed by atoms with Crippen molar-refractivity contribution < 1.29 is 23.1 Å². The fourth-order valence-electron chi connectivity index (χ4n) is 1.79. The molecule has 19 heavy (non-hydrogen) atoms. The van der Waals surface area contributed by atoms with Gasteiger partial charge in [0.1, 0.15) is 5.54 Å². The van der Waals surface area contributed by atoms with E-state index in [-0.39, 0.29) is 24.6 Å². The number of carboxylic acid groups (broad SMARTS) is 1. The number of amides is 1. The van der Waals surface area contributed by atoms with E-state index >= 15 is 0 Å². The molecule has 7 nitrogen and oxygen atoms in total. The molecule has 0 aromatic carbocycles. The normalized spacial score (nSPS) is 19.3. The van der Waals surface area contributed by atoms with Crippen LogP contribution < -0.4 is 0 Å². The molecule has 1 fully saturated rings. The minimum Gasteiger partial charge on any atom is -0.480 e. The van der Waals surface area contributed by atoms with E-state index in [4.69, 9.17) is 5.11 Å². The number of carboxylic acids is 1. The second-order valence-electron chi connectivity index (χ2n) is 5.14. The zero-order valence-electron chi connectivity index (χ0n) is 11.4. The van der Waals surface area contributed by atoms with Crippen LogP contribution in [0, 0.1) is 0 Å². The first-order chi connectivity index (χ1) is 8.59. The zero-order chi connectivity index (χ0) is 14.8. The van der Waals surface area contributed by atoms with Crippen LogP contribution in [0.4, 0.5) is 0 Å². The number of carbonyl (C=O) groups excluding carboxylic acids is 1. The maximum absolute atomic E-state index is 11.9. The lowest BCUT2D eigenvalue weighted by Gasteiger charge is -2.32. The lowest BCUT2D eigenvalue weighted by molar-refractivity contribution is -0.155. The highest BCUT2D eigenvalue weighted by atomic mass is 32.2. The van der Waals surface area contributed by atoms with Gasteiger partial charge in [0.2, 0.25) is 15.9 Å². The molecule has 1 aliphatic rings. The zero-order valence-corrected chi connectivity index (χ0v) is 12.2. The number of nitrogens with zero attached hydrogens (tertiary/aromatic N) is 2. The van der Waals surface area contributed by atoms with E-state index in [0.717, 1.165) is 4.90 Å². The van der Waals surface area contributed by atoms with Gasteiger partial charge in [0, 0.05) is 26.6 Å². The van der Waals surface area contributed by atoms with Crippen molar-refractivity contribution in [3.05, 3.63) is 0 Å². The number of hydrogen-bond acceptors (Lipinski definition) is 4. The van der Waals surface area contributed by atoms with Crippen LogP contribution in [0.2, 0.25) is 0 Å². The van der Waals surface area contributed by atoms with Gasteiger partial charge in [-0.2, -0.15) is 0 Å². The van der Waals surface area contributed by atoms with Gasteiger partial charge in [0.25, 0.3) is 0 Å². The van der Waals surface area contributed by atoms with Crippen LogP contribution in [-0.2, 0) is 19.6 Å². The highest BCUT2D eigenvalue weighted by molar-refractivity contribution is 7.89. The molecule has 0 aliphatic carbocycles. The topological polar surface area (TPSA) is 95.0 Å². The lowest BCUT2D eigenvalue weighted by Crippen LogP contribution is -2.51. The molecule has 1 saturated heterocycles. The number of sulfonamides is 1. The quantitative estimate of drug-likeness (QED) is 0.753. The first-order valence-electron chi connectivity index (χ1n) is 6.07. The van der Waals surface area contributed by atoms with E-state index in [0.29, 0.717) is 13.0 Å². The standard InChI is InChI=1S/C11H20N2O5S/c1-11(2,10(15)16)12(3)9(14)5-7-13-6-4-8-19(13,17)18/h4-8H2,1-3H3,(H,15,16). The van der Waals surface area contributed by atoms with E-state index in [2.05, 4.69) is 0 Å². The summed E-state index contributed by atoms with van der Waals surface area (Å²) in [5.41, 5.74) is -1.30. The minimum atomic E-state index is -3.21. The van der Waals surface area contributed by atoms with Crippen molar-refractivity contribution in [1.29, 1.82) is 0 Å². The minimum absolute atomic E-state index is 0.00750. The van der Waals surface area contributed by atoms with Gasteiger partial charge in [-0.1, -0.05) is 0 Å². The fraction of sp³-hybridized carbons (Fsp3) is 0.818. The average Bonchev–Trinajstić information content (AvgIpc) is 2.64. The Kier molecular flexibility index (Phi) is 4.57. The van der Waals surface area contributed by atoms with Gasteiger partial charge in [-0.25, -0.2) is 17.5 Å². The van der Waals surface area contributed by atoms with E-state index in [9.17, 15) is 18.0 Å². The van der Waals surface area contributed by atoms with Crippen molar-refractivity contribution in [3.8, 4) is 0 Å². The molecule has 0 unspecified atom stereocenters. The van der Waals surface area contributed by atoms with Gasteiger partial charge in [-0.15, -0.1) is 0 Å². The maximum atomic E-state index is 11.9. The summed E-state index contributed by atoms with van der Waals surface area (Å²) in [7, 11) is -1.80. The Balaban J connectivity index is 2.59. The molecule has 8 heteroatoms. The van der Waals surface area contributed by atoms with E-state index in [1.54, 1.807) is 0 Å². The molecule has 0 aromatic heterocycles. The highest BCUT2D eigenvalue weighted by Crippen LogP contribution is 2.16. The van der Waals surface area contributed by atoms with Gasteiger partial charge in [-0.05, 0) is 20.3 Å². The van der Waals surface area contributed by atoms with Crippen LogP contribution >= 0.6 is 0 Å². The first-order valence-corrected chi connectivity index (χ1v) is 7.68. The van der Waals surface area contributed by atoms with Gasteiger partial charge in [0.05, 0.1) is 5.75 Å². The number of aliphatic carboxylic acids is 1. The summed E-state index contributed by atoms with van der Waals surface area (Å²) in [6.07, 6.45) is 0.569. The lowest BCUT2D eigenvalue weighted by atomic mass is 10.0. The van der Waals surface area contributed by atoms with Gasteiger partial charge < -0.3 is 10.0 Å². The first kappa shape index (κ1) is 15.9. The Labute approximate surface area is 113 Å². The third-order valence-electron chi connectivity index (χ3n) is 3.51. The number of rotatable bonds is 5. The summed E-state index contributed by atoms with van der Waals surface area (Å²) in [6, 6.07) is 0. The molecule has 0 atom stereocenters. The molecular weight excluding hydrogens is 272 g/mol. The second kappa shape index (κ2) is 5.46. The number of hydrogen-bond donors (Lipinski definition) is 1. The maximum Gasteiger partial charge on any atom is 0.329 e. The van der Waals surface area contributed by atoms with Gasteiger partial charge >= 0.3 is 5.97 Å². The van der Waals surface area contributed by atoms with Crippen LogP contribution in [0.1, 0.15) is 26.7 Å². The van der Waals surface area contributed by atoms with Crippen molar-refractivity contribution in [2.45, 2.75) is 32.2 Å². The molecule has 1 rings (SSSR count). The molecule has 0 spiro atoms. The SMILES string of the molecule is CN(C(=O)CCN1CCCS1(=O)=O)C(C)(C)C(=O)O. The van der Waals surface area contributed by atoms with E-state index in [1.807, 2.05) is 0 Å². The van der Waals surface area contributed by atoms with Crippen molar-refractivity contribution in [3.63, 3.8) is 0 Å². The van der Waals surface area contributed by atoms with Crippen LogP contribution in [0.25, 0.3) is 0 Å². The predicted octanol–water partition coefficient (Wildman–Crippen LogP) is -0.266. The molecule has 1 amide bonds. The second-order valence-corrected chi connectivity index (χ2v) is 7.22. The van der Waals surface area contributed by atoms with Crippen molar-refractivity contribution >= 4 is 21.9 Å². The summed E-state index contributed by atoms with van der Waals surface area (Å²) in [6.45, 7) is 3.41. The van der Waals surface area contributed by atoms with Crippen LogP contribution in [0.3, 0.4) is 0 Å². The smallest absolute Gasteiger partial charge is 0.329 e. The van der Waals surface area contributed by atoms with Crippen LogP contribution in [0.5, 0.6) is 0 Å². The largest absolute Gasteiger partial charge is 0.480 e. The highest BCUT2D eigenvalue weighted by Gasteiger charge is 2.36. The molecule has 1 heterocycles. The average molecular weight is 292 g/mol. The summed E-state index contributed by atoms with van der Waals surface area (Å²) < 4.78 is 24.4. The number of likely N-dealkylation sites (N-methyl/N-ethyl adjacent to an activating group) is 1. The molecule has 1 aliphatic heterocycles. The Morgan fingerprint density at radius 2 is 1.95 bits per heavy atom. The van der Waals surface area contributed by atoms with Crippen LogP contribution in [-0.4, -0.2) is 66.0 Å². The Morgan fingerprint density at radius 3 is 2.37 bits per heavy atom. The fourth-order valence-corrected chi connectivity index (χ4v) is 3.31. The van der Waals surface area contributed by atoms with Crippen LogP contribution in [0.15, 0.2) is 0 Å². The van der Waals surface area contributed by atoms with Crippen molar-refractivity contribution in [2.75, 3.05) is 25.9 Å². The predicted molar refractivity (Wildman–Crippen MR) is 69.1 cm³/mol. The van der Waals surface area contributed by atoms with Crippen molar-refractivity contribution in [2.24, 2.45) is 0 Å². The Bertz CT molecular complexity index is 471. The molecule has 110 valence electrons. The Morgan fingerprint density at radius 1 is 1.37 bits per heavy atom. The summed E-state index contributed by atoms with van der Waals surface area (Å²) in [4.78, 5) is 24.1. The number of carbonyl (C=O) groups is 2. The van der Waals surface area contributed by atoms with Gasteiger partial charge in [0.15, 0.2) is 0 Å². The molecule has 0 saturated carbocycles. The molecule has 0 radical (unpaired) electrons. The summed E-state index contributed by atoms with van der Waals surface area (Å²) in [5, 5.41) is 9.02. The van der Waals surface area contributed by atoms with Gasteiger partial charge in [-0.3, -0.25) is 4.79 Å². The van der Waals surface area contributed by atoms with E-state index < -0.39 is 21.5 Å². The molecular formula is C11H20N2O5S. The molecule has 0 aromatic rings. The third-order valence-corrected chi connectivity index (χ3v) is 5.47. The summed E-state index contributed by atoms with van der Waals surface area (Å²) >= 11 is 0. The monoisotopic (exact) mass is 292 g/mol.